The van der Waals surface area contributed by atoms with Crippen LogP contribution in [0, 0.1) is 5.92 Å². The van der Waals surface area contributed by atoms with Crippen molar-refractivity contribution in [2.45, 2.75) is 25.3 Å². The number of ether oxygens (including phenoxy) is 1. The van der Waals surface area contributed by atoms with Gasteiger partial charge in [-0.1, -0.05) is 24.3 Å². The predicted octanol–water partition coefficient (Wildman–Crippen LogP) is 4.72. The third-order valence-electron chi connectivity index (χ3n) is 5.22. The highest BCUT2D eigenvalue weighted by atomic mass is 16.5. The maximum Gasteiger partial charge on any atom is 0.159 e. The van der Waals surface area contributed by atoms with Crippen molar-refractivity contribution in [2.24, 2.45) is 5.92 Å². The van der Waals surface area contributed by atoms with Crippen LogP contribution in [0.15, 0.2) is 54.6 Å². The molecule has 2 aliphatic rings. The SMILES string of the molecule is COc1cccc([C@@H]2Nc3ccc(C(C)=O)cc3[C@@H]3C=CC[C@@H]32)c1. The summed E-state index contributed by atoms with van der Waals surface area (Å²) in [6.45, 7) is 1.62. The number of allylic oxidation sites excluding steroid dienone is 2. The van der Waals surface area contributed by atoms with Gasteiger partial charge >= 0.3 is 0 Å². The molecule has 0 unspecified atom stereocenters. The maximum absolute atomic E-state index is 11.7. The van der Waals surface area contributed by atoms with Crippen LogP contribution in [0.5, 0.6) is 5.75 Å². The van der Waals surface area contributed by atoms with E-state index >= 15 is 0 Å². The molecule has 1 heterocycles. The van der Waals surface area contributed by atoms with E-state index in [1.54, 1.807) is 14.0 Å². The number of hydrogen-bond donors (Lipinski definition) is 1. The summed E-state index contributed by atoms with van der Waals surface area (Å²) in [5.74, 6) is 1.82. The van der Waals surface area contributed by atoms with E-state index in [9.17, 15) is 4.79 Å². The Bertz CT molecular complexity index is 824. The number of nitrogens with one attached hydrogen (secondary N) is 1. The molecule has 0 saturated carbocycles. The number of Topliss-reactive ketones (excluding diaryl/α,β-unsaturated/α-hetero) is 1. The van der Waals surface area contributed by atoms with Crippen molar-refractivity contribution in [3.05, 3.63) is 71.3 Å². The smallest absolute Gasteiger partial charge is 0.159 e. The van der Waals surface area contributed by atoms with Gasteiger partial charge < -0.3 is 10.1 Å². The fourth-order valence-electron chi connectivity index (χ4n) is 3.98. The second-order valence-electron chi connectivity index (χ2n) is 6.61. The summed E-state index contributed by atoms with van der Waals surface area (Å²) in [6.07, 6.45) is 5.60. The molecule has 24 heavy (non-hydrogen) atoms. The molecule has 1 aliphatic heterocycles. The van der Waals surface area contributed by atoms with Gasteiger partial charge in [-0.2, -0.15) is 0 Å². The van der Waals surface area contributed by atoms with E-state index in [0.717, 1.165) is 23.4 Å². The zero-order chi connectivity index (χ0) is 16.7. The van der Waals surface area contributed by atoms with Crippen LogP contribution in [-0.2, 0) is 0 Å². The first-order valence-corrected chi connectivity index (χ1v) is 8.39. The largest absolute Gasteiger partial charge is 0.497 e. The van der Waals surface area contributed by atoms with Gasteiger partial charge in [-0.3, -0.25) is 4.79 Å². The van der Waals surface area contributed by atoms with Crippen molar-refractivity contribution in [3.63, 3.8) is 0 Å². The lowest BCUT2D eigenvalue weighted by Crippen LogP contribution is -2.29. The minimum absolute atomic E-state index is 0.117. The van der Waals surface area contributed by atoms with E-state index in [2.05, 4.69) is 35.7 Å². The molecule has 1 N–H and O–H groups in total. The van der Waals surface area contributed by atoms with Gasteiger partial charge in [0.15, 0.2) is 5.78 Å². The summed E-state index contributed by atoms with van der Waals surface area (Å²) < 4.78 is 5.39. The highest BCUT2D eigenvalue weighted by Gasteiger charge is 2.38. The Morgan fingerprint density at radius 3 is 2.88 bits per heavy atom. The molecule has 0 bridgehead atoms. The predicted molar refractivity (Wildman–Crippen MR) is 95.8 cm³/mol. The highest BCUT2D eigenvalue weighted by Crippen LogP contribution is 2.50. The zero-order valence-electron chi connectivity index (χ0n) is 14.0. The zero-order valence-corrected chi connectivity index (χ0v) is 14.0. The van der Waals surface area contributed by atoms with E-state index in [4.69, 9.17) is 4.74 Å². The Kier molecular flexibility index (Phi) is 3.64. The number of carbonyl (C=O) groups excluding carboxylic acids is 1. The quantitative estimate of drug-likeness (QED) is 0.657. The minimum Gasteiger partial charge on any atom is -0.497 e. The van der Waals surface area contributed by atoms with Crippen molar-refractivity contribution < 1.29 is 9.53 Å². The highest BCUT2D eigenvalue weighted by molar-refractivity contribution is 5.95. The Morgan fingerprint density at radius 1 is 1.21 bits per heavy atom. The summed E-state index contributed by atoms with van der Waals surface area (Å²) in [5.41, 5.74) is 4.39. The van der Waals surface area contributed by atoms with Crippen LogP contribution in [0.25, 0.3) is 0 Å². The second kappa shape index (κ2) is 5.82. The van der Waals surface area contributed by atoms with Crippen LogP contribution in [0.4, 0.5) is 5.69 Å². The van der Waals surface area contributed by atoms with E-state index in [1.807, 2.05) is 24.3 Å². The van der Waals surface area contributed by atoms with Gasteiger partial charge in [-0.15, -0.1) is 0 Å². The first-order valence-electron chi connectivity index (χ1n) is 8.39. The lowest BCUT2D eigenvalue weighted by Gasteiger charge is -2.37. The third kappa shape index (κ3) is 2.41. The van der Waals surface area contributed by atoms with Crippen LogP contribution < -0.4 is 10.1 Å². The van der Waals surface area contributed by atoms with Gasteiger partial charge in [0.2, 0.25) is 0 Å². The van der Waals surface area contributed by atoms with E-state index in [0.29, 0.717) is 11.8 Å². The van der Waals surface area contributed by atoms with Crippen molar-refractivity contribution in [3.8, 4) is 5.75 Å². The Hall–Kier alpha value is -2.55. The second-order valence-corrected chi connectivity index (χ2v) is 6.61. The number of ketones is 1. The van der Waals surface area contributed by atoms with Gasteiger partial charge in [0.05, 0.1) is 13.2 Å². The molecule has 0 aromatic heterocycles. The lowest BCUT2D eigenvalue weighted by atomic mass is 9.76. The molecule has 122 valence electrons. The van der Waals surface area contributed by atoms with Crippen LogP contribution in [0.1, 0.15) is 46.8 Å². The van der Waals surface area contributed by atoms with E-state index < -0.39 is 0 Å². The standard InChI is InChI=1S/C21H21NO2/c1-13(23)14-9-10-20-19(12-14)17-7-4-8-18(17)21(22-20)15-5-3-6-16(11-15)24-2/h3-7,9-12,17-18,21-22H,8H2,1-2H3/t17-,18+,21+/m1/s1. The number of fused-ring (bicyclic) bond motifs is 3. The van der Waals surface area contributed by atoms with Crippen molar-refractivity contribution >= 4 is 11.5 Å². The molecule has 0 amide bonds. The van der Waals surface area contributed by atoms with Gasteiger partial charge in [0.1, 0.15) is 5.75 Å². The average Bonchev–Trinajstić information content (AvgIpc) is 3.10. The molecule has 2 aromatic rings. The first-order chi connectivity index (χ1) is 11.7. The van der Waals surface area contributed by atoms with Crippen molar-refractivity contribution in [2.75, 3.05) is 12.4 Å². The van der Waals surface area contributed by atoms with Crippen LogP contribution >= 0.6 is 0 Å². The van der Waals surface area contributed by atoms with Crippen LogP contribution in [0.3, 0.4) is 0 Å². The summed E-state index contributed by atoms with van der Waals surface area (Å²) in [7, 11) is 1.70. The molecule has 3 heteroatoms. The topological polar surface area (TPSA) is 38.3 Å². The van der Waals surface area contributed by atoms with Crippen LogP contribution in [0.2, 0.25) is 0 Å². The fourth-order valence-corrected chi connectivity index (χ4v) is 3.98. The fraction of sp³-hybridized carbons (Fsp3) is 0.286. The number of rotatable bonds is 3. The molecular formula is C21H21NO2. The van der Waals surface area contributed by atoms with E-state index in [1.165, 1.54) is 11.1 Å². The number of methoxy groups -OCH3 is 1. The maximum atomic E-state index is 11.7. The monoisotopic (exact) mass is 319 g/mol. The van der Waals surface area contributed by atoms with Gasteiger partial charge in [-0.25, -0.2) is 0 Å². The molecule has 0 fully saturated rings. The number of hydrogen-bond acceptors (Lipinski definition) is 3. The molecule has 0 spiro atoms. The lowest BCUT2D eigenvalue weighted by molar-refractivity contribution is 0.101. The van der Waals surface area contributed by atoms with Crippen molar-refractivity contribution in [1.82, 2.24) is 0 Å². The molecule has 1 aliphatic carbocycles. The molecule has 2 aromatic carbocycles. The first kappa shape index (κ1) is 15.0. The van der Waals surface area contributed by atoms with Gasteiger partial charge in [0.25, 0.3) is 0 Å². The third-order valence-corrected chi connectivity index (χ3v) is 5.22. The summed E-state index contributed by atoms with van der Waals surface area (Å²) in [4.78, 5) is 11.7. The van der Waals surface area contributed by atoms with Crippen molar-refractivity contribution in [1.29, 1.82) is 0 Å². The molecule has 3 nitrogen and oxygen atoms in total. The summed E-state index contributed by atoms with van der Waals surface area (Å²) in [6, 6.07) is 14.5. The van der Waals surface area contributed by atoms with Gasteiger partial charge in [0, 0.05) is 17.2 Å². The molecule has 3 atom stereocenters. The van der Waals surface area contributed by atoms with E-state index in [-0.39, 0.29) is 11.8 Å². The molecular weight excluding hydrogens is 298 g/mol. The summed E-state index contributed by atoms with van der Waals surface area (Å²) >= 11 is 0. The molecule has 0 saturated heterocycles. The summed E-state index contributed by atoms with van der Waals surface area (Å²) in [5, 5.41) is 3.70. The number of carbonyl (C=O) groups is 1. The average molecular weight is 319 g/mol. The Balaban J connectivity index is 1.76. The molecule has 4 rings (SSSR count). The number of anilines is 1. The normalized spacial score (nSPS) is 24.0. The molecule has 0 radical (unpaired) electrons. The number of benzene rings is 2. The Morgan fingerprint density at radius 2 is 2.08 bits per heavy atom. The Labute approximate surface area is 142 Å². The van der Waals surface area contributed by atoms with Gasteiger partial charge in [-0.05, 0) is 60.7 Å². The van der Waals surface area contributed by atoms with Crippen LogP contribution in [-0.4, -0.2) is 12.9 Å². The minimum atomic E-state index is 0.117.